The molecule has 2 aromatic carbocycles. The number of carboxylic acids is 1. The molecule has 0 amide bonds. The summed E-state index contributed by atoms with van der Waals surface area (Å²) in [6.45, 7) is 6.24. The van der Waals surface area contributed by atoms with E-state index in [9.17, 15) is 9.90 Å². The maximum absolute atomic E-state index is 15.0. The van der Waals surface area contributed by atoms with Gasteiger partial charge in [-0.15, -0.1) is 12.4 Å². The molecule has 1 aliphatic carbocycles. The maximum Gasteiger partial charge on any atom is 0.306 e. The molecule has 3 heterocycles. The van der Waals surface area contributed by atoms with Crippen LogP contribution in [0.2, 0.25) is 0 Å². The molecule has 0 bridgehead atoms. The molecule has 1 saturated carbocycles. The fraction of sp³-hybridized carbons (Fsp3) is 0.455. The van der Waals surface area contributed by atoms with Crippen LogP contribution in [0.4, 0.5) is 4.39 Å². The van der Waals surface area contributed by atoms with Crippen LogP contribution < -0.4 is 14.8 Å². The quantitative estimate of drug-likeness (QED) is 0.314. The minimum Gasteiger partial charge on any atom is -0.485 e. The number of pyridine rings is 1. The van der Waals surface area contributed by atoms with Crippen LogP contribution in [0.3, 0.4) is 0 Å². The first-order chi connectivity index (χ1) is 19.9. The zero-order chi connectivity index (χ0) is 28.5. The lowest BCUT2D eigenvalue weighted by atomic mass is 9.82. The summed E-state index contributed by atoms with van der Waals surface area (Å²) in [5.41, 5.74) is 5.63. The Labute approximate surface area is 252 Å². The van der Waals surface area contributed by atoms with Crippen molar-refractivity contribution in [2.75, 3.05) is 33.3 Å². The van der Waals surface area contributed by atoms with Crippen molar-refractivity contribution in [2.45, 2.75) is 51.2 Å². The molecule has 0 radical (unpaired) electrons. The van der Waals surface area contributed by atoms with Gasteiger partial charge in [0.2, 0.25) is 5.88 Å². The summed E-state index contributed by atoms with van der Waals surface area (Å²) in [7, 11) is 1.54. The van der Waals surface area contributed by atoms with Gasteiger partial charge in [0.15, 0.2) is 0 Å². The third-order valence-corrected chi connectivity index (χ3v) is 8.91. The van der Waals surface area contributed by atoms with Gasteiger partial charge < -0.3 is 19.9 Å². The van der Waals surface area contributed by atoms with E-state index in [0.29, 0.717) is 23.9 Å². The number of benzene rings is 2. The molecule has 9 heteroatoms. The summed E-state index contributed by atoms with van der Waals surface area (Å²) >= 11 is 0. The van der Waals surface area contributed by atoms with E-state index in [1.807, 2.05) is 19.1 Å². The van der Waals surface area contributed by atoms with E-state index in [-0.39, 0.29) is 30.2 Å². The summed E-state index contributed by atoms with van der Waals surface area (Å²) in [5, 5.41) is 13.1. The van der Waals surface area contributed by atoms with Crippen molar-refractivity contribution in [1.29, 1.82) is 0 Å². The summed E-state index contributed by atoms with van der Waals surface area (Å²) < 4.78 is 27.0. The summed E-state index contributed by atoms with van der Waals surface area (Å²) in [6.07, 6.45) is 4.96. The normalized spacial score (nSPS) is 20.0. The number of carboxylic acid groups (broad SMARTS) is 1. The molecule has 3 aliphatic rings. The Morgan fingerprint density at radius 3 is 2.64 bits per heavy atom. The lowest BCUT2D eigenvalue weighted by Crippen LogP contribution is -2.43. The predicted molar refractivity (Wildman–Crippen MR) is 162 cm³/mol. The summed E-state index contributed by atoms with van der Waals surface area (Å²) in [4.78, 5) is 18.3. The van der Waals surface area contributed by atoms with E-state index < -0.39 is 11.9 Å². The fourth-order valence-electron chi connectivity index (χ4n) is 6.46. The van der Waals surface area contributed by atoms with E-state index in [4.69, 9.17) is 9.47 Å². The van der Waals surface area contributed by atoms with Gasteiger partial charge in [0, 0.05) is 44.4 Å². The zero-order valence-electron chi connectivity index (χ0n) is 24.1. The Balaban J connectivity index is 0.00000353. The van der Waals surface area contributed by atoms with E-state index in [1.165, 1.54) is 13.3 Å². The Bertz CT molecular complexity index is 1430. The predicted octanol–water partition coefficient (Wildman–Crippen LogP) is 6.00. The first kappa shape index (κ1) is 30.3. The van der Waals surface area contributed by atoms with E-state index in [1.54, 1.807) is 6.07 Å². The van der Waals surface area contributed by atoms with Gasteiger partial charge in [0.1, 0.15) is 17.7 Å². The highest BCUT2D eigenvalue weighted by atomic mass is 35.5. The van der Waals surface area contributed by atoms with Crippen LogP contribution in [-0.2, 0) is 17.8 Å². The second kappa shape index (κ2) is 13.0. The smallest absolute Gasteiger partial charge is 0.306 e. The minimum absolute atomic E-state index is 0. The molecule has 6 rings (SSSR count). The number of nitrogens with one attached hydrogen (secondary N) is 1. The van der Waals surface area contributed by atoms with Crippen molar-refractivity contribution < 1.29 is 23.8 Å². The molecular formula is C33H39ClFN3O4. The van der Waals surface area contributed by atoms with Gasteiger partial charge in [0.25, 0.3) is 0 Å². The molecular weight excluding hydrogens is 557 g/mol. The monoisotopic (exact) mass is 595 g/mol. The van der Waals surface area contributed by atoms with Crippen LogP contribution in [0.1, 0.15) is 60.5 Å². The number of hydrogen-bond acceptors (Lipinski definition) is 6. The van der Waals surface area contributed by atoms with Gasteiger partial charge in [-0.25, -0.2) is 9.37 Å². The lowest BCUT2D eigenvalue weighted by Gasteiger charge is -2.30. The highest BCUT2D eigenvalue weighted by Gasteiger charge is 2.39. The van der Waals surface area contributed by atoms with Gasteiger partial charge >= 0.3 is 5.97 Å². The molecule has 1 saturated heterocycles. The molecule has 0 spiro atoms. The van der Waals surface area contributed by atoms with Gasteiger partial charge in [-0.2, -0.15) is 0 Å². The first-order valence-corrected chi connectivity index (χ1v) is 14.7. The number of halogens is 2. The maximum atomic E-state index is 15.0. The van der Waals surface area contributed by atoms with Crippen LogP contribution >= 0.6 is 12.4 Å². The van der Waals surface area contributed by atoms with Crippen molar-refractivity contribution in [3.05, 3.63) is 76.7 Å². The van der Waals surface area contributed by atoms with Crippen molar-refractivity contribution in [3.8, 4) is 22.8 Å². The summed E-state index contributed by atoms with van der Waals surface area (Å²) in [6, 6.07) is 14.2. The zero-order valence-corrected chi connectivity index (χ0v) is 25.0. The number of fused-ring (bicyclic) bond motifs is 1. The van der Waals surface area contributed by atoms with Crippen LogP contribution in [0, 0.1) is 17.7 Å². The van der Waals surface area contributed by atoms with Gasteiger partial charge in [0.05, 0.1) is 19.2 Å². The Morgan fingerprint density at radius 1 is 1.14 bits per heavy atom. The third-order valence-electron chi connectivity index (χ3n) is 8.91. The Morgan fingerprint density at radius 2 is 1.93 bits per heavy atom. The number of piperazine rings is 1. The Kier molecular flexibility index (Phi) is 9.35. The van der Waals surface area contributed by atoms with Crippen LogP contribution in [0.5, 0.6) is 11.6 Å². The molecule has 42 heavy (non-hydrogen) atoms. The molecule has 1 unspecified atom stereocenters. The second-order valence-electron chi connectivity index (χ2n) is 11.7. The van der Waals surface area contributed by atoms with Gasteiger partial charge in [-0.1, -0.05) is 37.3 Å². The average molecular weight is 596 g/mol. The molecule has 7 nitrogen and oxygen atoms in total. The second-order valence-corrected chi connectivity index (χ2v) is 11.7. The average Bonchev–Trinajstić information content (AvgIpc) is 3.83. The number of hydrogen-bond donors (Lipinski definition) is 2. The molecule has 1 aromatic heterocycles. The van der Waals surface area contributed by atoms with Crippen molar-refractivity contribution in [2.24, 2.45) is 11.8 Å². The Hall–Kier alpha value is -3.20. The lowest BCUT2D eigenvalue weighted by molar-refractivity contribution is -0.142. The molecule has 3 atom stereocenters. The summed E-state index contributed by atoms with van der Waals surface area (Å²) in [5.74, 6) is 0.0788. The highest BCUT2D eigenvalue weighted by Crippen LogP contribution is 2.48. The number of nitrogens with zero attached hydrogens (tertiary/aromatic N) is 2. The van der Waals surface area contributed by atoms with E-state index >= 15 is 4.39 Å². The molecule has 2 fully saturated rings. The van der Waals surface area contributed by atoms with Crippen LogP contribution in [-0.4, -0.2) is 54.2 Å². The molecule has 224 valence electrons. The molecule has 2 aliphatic heterocycles. The number of aromatic nitrogens is 1. The fourth-order valence-corrected chi connectivity index (χ4v) is 6.46. The number of ether oxygens (including phenoxy) is 2. The van der Waals surface area contributed by atoms with Gasteiger partial charge in [-0.3, -0.25) is 9.69 Å². The topological polar surface area (TPSA) is 83.9 Å². The van der Waals surface area contributed by atoms with E-state index in [0.717, 1.165) is 85.4 Å². The van der Waals surface area contributed by atoms with Crippen molar-refractivity contribution in [1.82, 2.24) is 15.2 Å². The number of methoxy groups -OCH3 is 1. The number of aliphatic carboxylic acids is 1. The third kappa shape index (κ3) is 6.41. The minimum atomic E-state index is -0.751. The molecule has 2 N–H and O–H groups in total. The first-order valence-electron chi connectivity index (χ1n) is 14.7. The highest BCUT2D eigenvalue weighted by molar-refractivity contribution is 5.85. The molecule has 3 aromatic rings. The standard InChI is InChI=1S/C33H38FN3O4.ClH/c1-20(33(38)39)32(22-4-5-22)24-6-3-21-8-10-29(41-30(21)16-24)23-7-9-26(27-17-31(40-2)36-18-28(27)34)25(15-23)19-37-13-11-35-12-14-37;/h3,6-7,9,15-18,20,22,29,32,35H,4-5,8,10-14,19H2,1-2H3,(H,38,39);1H/t20-,29?,32-;/m0./s1. The SMILES string of the molecule is COc1cc(-c2ccc(C3CCc4ccc([C@H](C5CC5)[C@H](C)C(=O)O)cc4O3)cc2CN2CCNCC2)c(F)cn1.Cl. The number of aryl methyl sites for hydroxylation is 1. The van der Waals surface area contributed by atoms with E-state index in [2.05, 4.69) is 39.5 Å². The van der Waals surface area contributed by atoms with Gasteiger partial charge in [-0.05, 0) is 71.4 Å². The largest absolute Gasteiger partial charge is 0.485 e. The van der Waals surface area contributed by atoms with Crippen molar-refractivity contribution in [3.63, 3.8) is 0 Å². The number of rotatable bonds is 9. The van der Waals surface area contributed by atoms with Crippen molar-refractivity contribution >= 4 is 18.4 Å². The van der Waals surface area contributed by atoms with Crippen LogP contribution in [0.25, 0.3) is 11.1 Å². The number of carbonyl (C=O) groups is 1. The van der Waals surface area contributed by atoms with Crippen LogP contribution in [0.15, 0.2) is 48.7 Å².